The van der Waals surface area contributed by atoms with Gasteiger partial charge >= 0.3 is 19.8 Å². The van der Waals surface area contributed by atoms with Gasteiger partial charge in [-0.3, -0.25) is 0 Å². The van der Waals surface area contributed by atoms with E-state index in [0.717, 1.165) is 12.2 Å². The first kappa shape index (κ1) is 36.8. The number of carboxylic acid groups (broad SMARTS) is 1. The number of aliphatic carboxylic acids is 1. The highest BCUT2D eigenvalue weighted by molar-refractivity contribution is 7.99. The summed E-state index contributed by atoms with van der Waals surface area (Å²) in [5.41, 5.74) is 0. The maximum absolute atomic E-state index is 11.8. The molecule has 0 spiro atoms. The smallest absolute Gasteiger partial charge is 0.390 e. The molecule has 0 aromatic carbocycles. The third kappa shape index (κ3) is 19.5. The normalized spacial score (nSPS) is 15.0. The molecule has 0 amide bonds. The minimum atomic E-state index is -1.75. The lowest BCUT2D eigenvalue weighted by molar-refractivity contribution is -0.162. The fourth-order valence-corrected chi connectivity index (χ4v) is 6.23. The number of rotatable bonds is 29. The zero-order valence-corrected chi connectivity index (χ0v) is 26.5. The Morgan fingerprint density at radius 2 is 1.27 bits per heavy atom. The molecule has 0 heterocycles. The van der Waals surface area contributed by atoms with Crippen LogP contribution in [0.25, 0.3) is 0 Å². The molecule has 0 saturated carbocycles. The van der Waals surface area contributed by atoms with E-state index in [1.54, 1.807) is 0 Å². The molecule has 5 nitrogen and oxygen atoms in total. The average molecular weight is 564 g/mol. The van der Waals surface area contributed by atoms with Crippen molar-refractivity contribution >= 4 is 26.2 Å². The summed E-state index contributed by atoms with van der Waals surface area (Å²) in [5, 5.41) is 8.24. The van der Waals surface area contributed by atoms with Crippen molar-refractivity contribution < 1.29 is 23.9 Å². The zero-order valence-electron chi connectivity index (χ0n) is 24.7. The Kier molecular flexibility index (Phi) is 26.0. The fourth-order valence-electron chi connectivity index (χ4n) is 4.48. The van der Waals surface area contributed by atoms with Gasteiger partial charge in [-0.2, -0.15) is 11.8 Å². The minimum Gasteiger partial charge on any atom is -0.476 e. The summed E-state index contributed by atoms with van der Waals surface area (Å²) in [7, 11) is -1.10. The molecule has 0 aromatic rings. The second-order valence-electron chi connectivity index (χ2n) is 10.6. The van der Waals surface area contributed by atoms with Gasteiger partial charge in [-0.25, -0.2) is 4.79 Å². The lowest BCUT2D eigenvalue weighted by Gasteiger charge is -2.26. The van der Waals surface area contributed by atoms with Crippen molar-refractivity contribution in [2.45, 2.75) is 166 Å². The number of hydrogen-bond acceptors (Lipinski definition) is 5. The molecular weight excluding hydrogens is 503 g/mol. The van der Waals surface area contributed by atoms with Crippen molar-refractivity contribution in [3.63, 3.8) is 0 Å². The van der Waals surface area contributed by atoms with Crippen molar-refractivity contribution in [2.24, 2.45) is 0 Å². The molecule has 37 heavy (non-hydrogen) atoms. The third-order valence-corrected chi connectivity index (χ3v) is 9.46. The molecule has 0 bridgehead atoms. The minimum absolute atomic E-state index is 0.103. The number of carbonyl (C=O) groups is 1. The van der Waals surface area contributed by atoms with Crippen LogP contribution >= 0.6 is 20.2 Å². The van der Waals surface area contributed by atoms with Gasteiger partial charge in [0.05, 0.1) is 12.7 Å². The monoisotopic (exact) mass is 563 g/mol. The average Bonchev–Trinajstić information content (AvgIpc) is 2.90. The van der Waals surface area contributed by atoms with Crippen molar-refractivity contribution in [1.82, 2.24) is 0 Å². The molecule has 0 saturated heterocycles. The summed E-state index contributed by atoms with van der Waals surface area (Å²) in [4.78, 5) is 11.8. The highest BCUT2D eigenvalue weighted by Crippen LogP contribution is 2.30. The van der Waals surface area contributed by atoms with E-state index in [0.29, 0.717) is 11.7 Å². The molecule has 1 N–H and O–H groups in total. The lowest BCUT2D eigenvalue weighted by Crippen LogP contribution is -2.43. The first-order chi connectivity index (χ1) is 18.0. The van der Waals surface area contributed by atoms with E-state index in [4.69, 9.17) is 9.47 Å². The van der Waals surface area contributed by atoms with Crippen LogP contribution in [0.1, 0.15) is 150 Å². The topological polar surface area (TPSA) is 72.8 Å². The molecule has 4 atom stereocenters. The molecule has 0 aliphatic carbocycles. The lowest BCUT2D eigenvalue weighted by atomic mass is 10.1. The second kappa shape index (κ2) is 26.1. The van der Waals surface area contributed by atoms with Gasteiger partial charge in [0.25, 0.3) is 0 Å². The van der Waals surface area contributed by atoms with Gasteiger partial charge in [-0.05, 0) is 31.9 Å². The molecule has 0 aliphatic heterocycles. The molecule has 0 rings (SSSR count). The number of ether oxygens (including phenoxy) is 2. The van der Waals surface area contributed by atoms with Crippen LogP contribution in [-0.4, -0.2) is 46.7 Å². The number of thioether (sulfide) groups is 1. The van der Waals surface area contributed by atoms with Crippen LogP contribution in [0.3, 0.4) is 0 Å². The van der Waals surface area contributed by atoms with Crippen LogP contribution in [0, 0.1) is 0 Å². The largest absolute Gasteiger partial charge is 0.476 e. The van der Waals surface area contributed by atoms with E-state index in [2.05, 4.69) is 13.8 Å². The van der Waals surface area contributed by atoms with E-state index in [-0.39, 0.29) is 19.3 Å². The number of unbranched alkanes of at least 4 members (excludes halogenated alkanes) is 15. The molecule has 0 aromatic heterocycles. The zero-order chi connectivity index (χ0) is 27.6. The van der Waals surface area contributed by atoms with Crippen LogP contribution < -0.4 is 0 Å². The molecule has 0 radical (unpaired) electrons. The SMILES string of the molecule is CCCCCCCCCCCCSC(CCCCCCCCC)C(C)OCC(OCCC)([PH+]=O)C(=O)O. The first-order valence-electron chi connectivity index (χ1n) is 15.5. The van der Waals surface area contributed by atoms with Gasteiger partial charge in [0.2, 0.25) is 0 Å². The predicted octanol–water partition coefficient (Wildman–Crippen LogP) is 9.79. The van der Waals surface area contributed by atoms with E-state index in [1.165, 1.54) is 109 Å². The summed E-state index contributed by atoms with van der Waals surface area (Å²) >= 11 is 1.97. The van der Waals surface area contributed by atoms with Crippen molar-refractivity contribution in [3.05, 3.63) is 0 Å². The summed E-state index contributed by atoms with van der Waals surface area (Å²) < 4.78 is 23.4. The van der Waals surface area contributed by atoms with Crippen LogP contribution in [0.4, 0.5) is 0 Å². The van der Waals surface area contributed by atoms with Gasteiger partial charge in [0, 0.05) is 5.25 Å². The van der Waals surface area contributed by atoms with Gasteiger partial charge in [-0.15, -0.1) is 0 Å². The predicted molar refractivity (Wildman–Crippen MR) is 162 cm³/mol. The van der Waals surface area contributed by atoms with Crippen molar-refractivity contribution in [3.8, 4) is 0 Å². The Labute approximate surface area is 235 Å². The highest BCUT2D eigenvalue weighted by atomic mass is 32.2. The van der Waals surface area contributed by atoms with Crippen LogP contribution in [0.2, 0.25) is 0 Å². The van der Waals surface area contributed by atoms with E-state index < -0.39 is 19.8 Å². The van der Waals surface area contributed by atoms with Crippen molar-refractivity contribution in [1.29, 1.82) is 0 Å². The summed E-state index contributed by atoms with van der Waals surface area (Å²) in [6, 6.07) is 0. The van der Waals surface area contributed by atoms with Crippen LogP contribution in [-0.2, 0) is 18.8 Å². The van der Waals surface area contributed by atoms with E-state index in [1.807, 2.05) is 25.6 Å². The quantitative estimate of drug-likeness (QED) is 0.0721. The Morgan fingerprint density at radius 3 is 1.73 bits per heavy atom. The maximum atomic E-state index is 11.8. The molecular formula is C30H60O5PS+. The number of hydrogen-bond donors (Lipinski definition) is 1. The Morgan fingerprint density at radius 1 is 0.784 bits per heavy atom. The third-order valence-electron chi connectivity index (χ3n) is 7.06. The summed E-state index contributed by atoms with van der Waals surface area (Å²) in [6.45, 7) is 8.55. The maximum Gasteiger partial charge on any atom is 0.390 e. The Hall–Kier alpha value is -0.160. The molecule has 4 unspecified atom stereocenters. The summed E-state index contributed by atoms with van der Waals surface area (Å²) in [5.74, 6) is -0.0893. The van der Waals surface area contributed by atoms with Gasteiger partial charge in [0.1, 0.15) is 6.61 Å². The molecule has 0 aliphatic rings. The van der Waals surface area contributed by atoms with Crippen LogP contribution in [0.15, 0.2) is 0 Å². The van der Waals surface area contributed by atoms with Gasteiger partial charge in [0.15, 0.2) is 0 Å². The molecule has 0 fully saturated rings. The number of carboxylic acids is 1. The Bertz CT molecular complexity index is 536. The molecule has 220 valence electrons. The first-order valence-corrected chi connectivity index (χ1v) is 17.4. The van der Waals surface area contributed by atoms with Crippen molar-refractivity contribution in [2.75, 3.05) is 19.0 Å². The summed E-state index contributed by atoms with van der Waals surface area (Å²) in [6.07, 6.45) is 24.0. The fraction of sp³-hybridized carbons (Fsp3) is 0.967. The molecule has 7 heteroatoms. The van der Waals surface area contributed by atoms with Gasteiger partial charge in [-0.1, -0.05) is 128 Å². The van der Waals surface area contributed by atoms with Gasteiger partial charge < -0.3 is 14.6 Å². The van der Waals surface area contributed by atoms with E-state index >= 15 is 0 Å². The Balaban J connectivity index is 4.56. The van der Waals surface area contributed by atoms with E-state index in [9.17, 15) is 14.5 Å². The second-order valence-corrected chi connectivity index (χ2v) is 13.0. The van der Waals surface area contributed by atoms with Crippen LogP contribution in [0.5, 0.6) is 0 Å². The standard InChI is InChI=1S/C30H59O5PS/c1-5-8-10-12-14-15-16-18-20-22-25-37-28(23-21-19-17-13-11-9-6-2)27(4)34-26-30(36-33,29(31)32)35-24-7-3/h27-28H,5-26H2,1-4H3,(H,31,32)/p+1. The highest BCUT2D eigenvalue weighted by Gasteiger charge is 2.50.